The van der Waals surface area contributed by atoms with Crippen LogP contribution in [-0.2, 0) is 11.3 Å². The molecule has 7 heteroatoms. The van der Waals surface area contributed by atoms with Gasteiger partial charge in [-0.15, -0.1) is 0 Å². The molecule has 0 spiro atoms. The second kappa shape index (κ2) is 6.84. The molecule has 0 fully saturated rings. The van der Waals surface area contributed by atoms with E-state index in [-0.39, 0.29) is 12.2 Å². The molecular formula is C17H13BrN2O4. The van der Waals surface area contributed by atoms with Crippen molar-refractivity contribution in [2.45, 2.75) is 6.61 Å². The molecule has 3 aromatic rings. The average Bonchev–Trinajstić information content (AvgIpc) is 2.60. The van der Waals surface area contributed by atoms with Crippen LogP contribution in [0.5, 0.6) is 5.75 Å². The third kappa shape index (κ3) is 3.30. The van der Waals surface area contributed by atoms with Gasteiger partial charge in [0, 0.05) is 16.7 Å². The third-order valence-electron chi connectivity index (χ3n) is 3.35. The Bertz CT molecular complexity index is 968. The molecule has 0 bridgehead atoms. The molecular weight excluding hydrogens is 376 g/mol. The van der Waals surface area contributed by atoms with Crippen molar-refractivity contribution in [2.24, 2.45) is 0 Å². The van der Waals surface area contributed by atoms with Crippen LogP contribution in [0, 0.1) is 0 Å². The number of esters is 1. The van der Waals surface area contributed by atoms with Crippen molar-refractivity contribution in [3.05, 3.63) is 74.7 Å². The number of benzene rings is 1. The Morgan fingerprint density at radius 1 is 1.25 bits per heavy atom. The summed E-state index contributed by atoms with van der Waals surface area (Å²) in [6.07, 6.45) is 1.63. The first kappa shape index (κ1) is 16.2. The minimum absolute atomic E-state index is 0.0985. The van der Waals surface area contributed by atoms with Gasteiger partial charge in [0.15, 0.2) is 0 Å². The number of nitrogens with zero attached hydrogens (tertiary/aromatic N) is 2. The van der Waals surface area contributed by atoms with Crippen LogP contribution < -0.4 is 10.3 Å². The van der Waals surface area contributed by atoms with Crippen LogP contribution in [-0.4, -0.2) is 22.5 Å². The fourth-order valence-corrected chi connectivity index (χ4v) is 2.57. The highest BCUT2D eigenvalue weighted by Gasteiger charge is 2.13. The lowest BCUT2D eigenvalue weighted by molar-refractivity contribution is 0.0464. The highest BCUT2D eigenvalue weighted by Crippen LogP contribution is 2.18. The van der Waals surface area contributed by atoms with Gasteiger partial charge >= 0.3 is 5.97 Å². The van der Waals surface area contributed by atoms with Crippen LogP contribution in [0.4, 0.5) is 0 Å². The summed E-state index contributed by atoms with van der Waals surface area (Å²) >= 11 is 3.31. The Balaban J connectivity index is 1.82. The molecule has 2 heterocycles. The largest absolute Gasteiger partial charge is 0.496 e. The summed E-state index contributed by atoms with van der Waals surface area (Å²) in [6, 6.07) is 11.6. The highest BCUT2D eigenvalue weighted by molar-refractivity contribution is 9.10. The van der Waals surface area contributed by atoms with Crippen molar-refractivity contribution in [1.29, 1.82) is 0 Å². The van der Waals surface area contributed by atoms with Gasteiger partial charge in [-0.2, -0.15) is 0 Å². The number of rotatable bonds is 4. The van der Waals surface area contributed by atoms with Crippen LogP contribution in [0.25, 0.3) is 5.65 Å². The number of carbonyl (C=O) groups excluding carboxylic acids is 1. The fraction of sp³-hybridized carbons (Fsp3) is 0.118. The molecule has 0 saturated carbocycles. The maximum absolute atomic E-state index is 12.2. The van der Waals surface area contributed by atoms with Gasteiger partial charge in [0.05, 0.1) is 12.8 Å². The summed E-state index contributed by atoms with van der Waals surface area (Å²) in [6.45, 7) is -0.0985. The molecule has 0 aliphatic carbocycles. The molecule has 6 nitrogen and oxygen atoms in total. The molecule has 0 aliphatic heterocycles. The van der Waals surface area contributed by atoms with E-state index in [0.717, 1.165) is 4.47 Å². The van der Waals surface area contributed by atoms with Crippen LogP contribution in [0.1, 0.15) is 16.1 Å². The lowest BCUT2D eigenvalue weighted by Crippen LogP contribution is -2.16. The molecule has 0 N–H and O–H groups in total. The molecule has 122 valence electrons. The number of methoxy groups -OCH3 is 1. The van der Waals surface area contributed by atoms with Crippen molar-refractivity contribution >= 4 is 27.5 Å². The number of hydrogen-bond acceptors (Lipinski definition) is 5. The highest BCUT2D eigenvalue weighted by atomic mass is 79.9. The molecule has 0 radical (unpaired) electrons. The monoisotopic (exact) mass is 388 g/mol. The first-order chi connectivity index (χ1) is 11.6. The standard InChI is InChI=1S/C17H13BrN2O4/c1-23-14-5-3-2-4-13(14)17(22)24-10-12-8-16(21)20-9-11(18)6-7-15(20)19-12/h2-9H,10H2,1H3. The summed E-state index contributed by atoms with van der Waals surface area (Å²) in [4.78, 5) is 28.6. The van der Waals surface area contributed by atoms with Crippen LogP contribution in [0.2, 0.25) is 0 Å². The van der Waals surface area contributed by atoms with Crippen LogP contribution >= 0.6 is 15.9 Å². The van der Waals surface area contributed by atoms with Crippen LogP contribution in [0.15, 0.2) is 57.9 Å². The number of ether oxygens (including phenoxy) is 2. The number of pyridine rings is 1. The van der Waals surface area contributed by atoms with E-state index in [4.69, 9.17) is 9.47 Å². The second-order valence-corrected chi connectivity index (χ2v) is 5.85. The molecule has 0 saturated heterocycles. The zero-order chi connectivity index (χ0) is 17.1. The SMILES string of the molecule is COc1ccccc1C(=O)OCc1cc(=O)n2cc(Br)ccc2n1. The first-order valence-electron chi connectivity index (χ1n) is 7.06. The van der Waals surface area contributed by atoms with Gasteiger partial charge in [-0.05, 0) is 40.2 Å². The maximum atomic E-state index is 12.2. The summed E-state index contributed by atoms with van der Waals surface area (Å²) in [5.74, 6) is -0.107. The molecule has 0 atom stereocenters. The molecule has 1 aromatic carbocycles. The predicted molar refractivity (Wildman–Crippen MR) is 91.3 cm³/mol. The summed E-state index contributed by atoms with van der Waals surface area (Å²) in [7, 11) is 1.48. The normalized spacial score (nSPS) is 10.6. The van der Waals surface area contributed by atoms with Gasteiger partial charge in [0.1, 0.15) is 23.6 Å². The van der Waals surface area contributed by atoms with Crippen molar-refractivity contribution in [3.63, 3.8) is 0 Å². The lowest BCUT2D eigenvalue weighted by atomic mass is 10.2. The first-order valence-corrected chi connectivity index (χ1v) is 7.86. The predicted octanol–water partition coefficient (Wildman–Crippen LogP) is 2.82. The van der Waals surface area contributed by atoms with Gasteiger partial charge in [0.2, 0.25) is 0 Å². The Hall–Kier alpha value is -2.67. The number of hydrogen-bond donors (Lipinski definition) is 0. The number of fused-ring (bicyclic) bond motifs is 1. The Morgan fingerprint density at radius 3 is 2.83 bits per heavy atom. The number of carbonyl (C=O) groups is 1. The number of para-hydroxylation sites is 1. The second-order valence-electron chi connectivity index (χ2n) is 4.94. The van der Waals surface area contributed by atoms with E-state index in [9.17, 15) is 9.59 Å². The van der Waals surface area contributed by atoms with Gasteiger partial charge in [0.25, 0.3) is 5.56 Å². The average molecular weight is 389 g/mol. The lowest BCUT2D eigenvalue weighted by Gasteiger charge is -2.09. The number of halogens is 1. The van der Waals surface area contributed by atoms with Crippen molar-refractivity contribution < 1.29 is 14.3 Å². The minimum Gasteiger partial charge on any atom is -0.496 e. The number of aromatic nitrogens is 2. The molecule has 24 heavy (non-hydrogen) atoms. The van der Waals surface area contributed by atoms with Crippen molar-refractivity contribution in [2.75, 3.05) is 7.11 Å². The zero-order valence-corrected chi connectivity index (χ0v) is 14.3. The Kier molecular flexibility index (Phi) is 4.61. The molecule has 2 aromatic heterocycles. The quantitative estimate of drug-likeness (QED) is 0.642. The summed E-state index contributed by atoms with van der Waals surface area (Å²) in [5, 5.41) is 0. The molecule has 3 rings (SSSR count). The van der Waals surface area contributed by atoms with E-state index in [1.807, 2.05) is 0 Å². The van der Waals surface area contributed by atoms with E-state index < -0.39 is 5.97 Å². The summed E-state index contributed by atoms with van der Waals surface area (Å²) in [5.41, 5.74) is 0.936. The van der Waals surface area contributed by atoms with Gasteiger partial charge in [-0.25, -0.2) is 9.78 Å². The van der Waals surface area contributed by atoms with Crippen molar-refractivity contribution in [1.82, 2.24) is 9.38 Å². The maximum Gasteiger partial charge on any atom is 0.342 e. The van der Waals surface area contributed by atoms with Gasteiger partial charge in [-0.1, -0.05) is 12.1 Å². The zero-order valence-electron chi connectivity index (χ0n) is 12.7. The van der Waals surface area contributed by atoms with E-state index in [2.05, 4.69) is 20.9 Å². The fourth-order valence-electron chi connectivity index (χ4n) is 2.23. The smallest absolute Gasteiger partial charge is 0.342 e. The molecule has 0 amide bonds. The molecule has 0 aliphatic rings. The Morgan fingerprint density at radius 2 is 2.04 bits per heavy atom. The third-order valence-corrected chi connectivity index (χ3v) is 3.82. The minimum atomic E-state index is -0.537. The van der Waals surface area contributed by atoms with Gasteiger partial charge in [-0.3, -0.25) is 9.20 Å². The topological polar surface area (TPSA) is 69.9 Å². The Labute approximate surface area is 145 Å². The van der Waals surface area contributed by atoms with E-state index >= 15 is 0 Å². The van der Waals surface area contributed by atoms with E-state index in [0.29, 0.717) is 22.7 Å². The van der Waals surface area contributed by atoms with Crippen molar-refractivity contribution in [3.8, 4) is 5.75 Å². The van der Waals surface area contributed by atoms with E-state index in [1.54, 1.807) is 42.6 Å². The van der Waals surface area contributed by atoms with Gasteiger partial charge < -0.3 is 9.47 Å². The molecule has 0 unspecified atom stereocenters. The summed E-state index contributed by atoms with van der Waals surface area (Å²) < 4.78 is 12.6. The van der Waals surface area contributed by atoms with E-state index in [1.165, 1.54) is 17.6 Å². The van der Waals surface area contributed by atoms with Crippen LogP contribution in [0.3, 0.4) is 0 Å².